The molecule has 8 heteroatoms. The zero-order valence-corrected chi connectivity index (χ0v) is 17.7. The standard InChI is InChI=1S/C22H25N3O4S/c1-16(26)25-20-10-9-19(30(28,29)24-11-5-6-12-24)13-18(20)14-21(25)22(27)23-15-17-7-3-2-4-8-17/h2-4,7-10,13,21H,5-6,11-12,14-15H2,1H3,(H,23,27)/t21-/m0/s1. The average molecular weight is 428 g/mol. The van der Waals surface area contributed by atoms with E-state index in [1.165, 1.54) is 22.2 Å². The summed E-state index contributed by atoms with van der Waals surface area (Å²) in [6.45, 7) is 2.85. The average Bonchev–Trinajstić information content (AvgIpc) is 3.40. The fourth-order valence-corrected chi connectivity index (χ4v) is 5.74. The molecule has 1 N–H and O–H groups in total. The third-order valence-electron chi connectivity index (χ3n) is 5.69. The van der Waals surface area contributed by atoms with Crippen molar-refractivity contribution >= 4 is 27.5 Å². The Hall–Kier alpha value is -2.71. The molecule has 2 aromatic rings. The van der Waals surface area contributed by atoms with E-state index in [0.29, 0.717) is 37.3 Å². The third kappa shape index (κ3) is 3.85. The van der Waals surface area contributed by atoms with Gasteiger partial charge in [0.25, 0.3) is 0 Å². The molecule has 30 heavy (non-hydrogen) atoms. The summed E-state index contributed by atoms with van der Waals surface area (Å²) in [5.41, 5.74) is 2.27. The summed E-state index contributed by atoms with van der Waals surface area (Å²) in [4.78, 5) is 26.8. The molecule has 158 valence electrons. The third-order valence-corrected chi connectivity index (χ3v) is 7.58. The predicted molar refractivity (Wildman–Crippen MR) is 113 cm³/mol. The highest BCUT2D eigenvalue weighted by atomic mass is 32.2. The first-order chi connectivity index (χ1) is 14.4. The number of carbonyl (C=O) groups is 2. The van der Waals surface area contributed by atoms with Gasteiger partial charge in [-0.1, -0.05) is 30.3 Å². The van der Waals surface area contributed by atoms with E-state index >= 15 is 0 Å². The molecule has 0 radical (unpaired) electrons. The first-order valence-electron chi connectivity index (χ1n) is 10.1. The highest BCUT2D eigenvalue weighted by Gasteiger charge is 2.38. The number of hydrogen-bond acceptors (Lipinski definition) is 4. The Balaban J connectivity index is 1.56. The number of sulfonamides is 1. The van der Waals surface area contributed by atoms with Crippen molar-refractivity contribution in [2.45, 2.75) is 43.7 Å². The Kier molecular flexibility index (Phi) is 5.62. The van der Waals surface area contributed by atoms with Gasteiger partial charge in [0.15, 0.2) is 0 Å². The molecule has 0 saturated carbocycles. The topological polar surface area (TPSA) is 86.8 Å². The van der Waals surface area contributed by atoms with Crippen molar-refractivity contribution in [1.82, 2.24) is 9.62 Å². The second kappa shape index (κ2) is 8.20. The Labute approximate surface area is 176 Å². The number of benzene rings is 2. The lowest BCUT2D eigenvalue weighted by Gasteiger charge is -2.23. The number of nitrogens with one attached hydrogen (secondary N) is 1. The second-order valence-corrected chi connectivity index (χ2v) is 9.65. The minimum atomic E-state index is -3.55. The maximum Gasteiger partial charge on any atom is 0.243 e. The molecule has 1 saturated heterocycles. The van der Waals surface area contributed by atoms with Crippen LogP contribution < -0.4 is 10.2 Å². The quantitative estimate of drug-likeness (QED) is 0.791. The number of nitrogens with zero attached hydrogens (tertiary/aromatic N) is 2. The molecule has 4 rings (SSSR count). The number of carbonyl (C=O) groups excluding carboxylic acids is 2. The summed E-state index contributed by atoms with van der Waals surface area (Å²) >= 11 is 0. The first kappa shape index (κ1) is 20.6. The van der Waals surface area contributed by atoms with Gasteiger partial charge in [-0.2, -0.15) is 4.31 Å². The van der Waals surface area contributed by atoms with Crippen LogP contribution in [0.25, 0.3) is 0 Å². The highest BCUT2D eigenvalue weighted by molar-refractivity contribution is 7.89. The van der Waals surface area contributed by atoms with Crippen molar-refractivity contribution in [2.24, 2.45) is 0 Å². The minimum Gasteiger partial charge on any atom is -0.350 e. The molecule has 0 unspecified atom stereocenters. The van der Waals surface area contributed by atoms with Gasteiger partial charge >= 0.3 is 0 Å². The predicted octanol–water partition coefficient (Wildman–Crippen LogP) is 2.07. The van der Waals surface area contributed by atoms with Crippen molar-refractivity contribution < 1.29 is 18.0 Å². The summed E-state index contributed by atoms with van der Waals surface area (Å²) in [5, 5.41) is 2.89. The highest BCUT2D eigenvalue weighted by Crippen LogP contribution is 2.35. The number of hydrogen-bond donors (Lipinski definition) is 1. The van der Waals surface area contributed by atoms with Crippen LogP contribution in [-0.2, 0) is 32.6 Å². The van der Waals surface area contributed by atoms with E-state index in [9.17, 15) is 18.0 Å². The fourth-order valence-electron chi connectivity index (χ4n) is 4.17. The maximum absolute atomic E-state index is 12.9. The summed E-state index contributed by atoms with van der Waals surface area (Å²) < 4.78 is 27.3. The van der Waals surface area contributed by atoms with E-state index in [-0.39, 0.29) is 16.7 Å². The van der Waals surface area contributed by atoms with Crippen LogP contribution in [0, 0.1) is 0 Å². The Morgan fingerprint density at radius 3 is 2.43 bits per heavy atom. The molecular weight excluding hydrogens is 402 g/mol. The van der Waals surface area contributed by atoms with Crippen molar-refractivity contribution in [2.75, 3.05) is 18.0 Å². The van der Waals surface area contributed by atoms with Crippen molar-refractivity contribution in [3.63, 3.8) is 0 Å². The Morgan fingerprint density at radius 2 is 1.77 bits per heavy atom. The Morgan fingerprint density at radius 1 is 1.07 bits per heavy atom. The SMILES string of the molecule is CC(=O)N1c2ccc(S(=O)(=O)N3CCCC3)cc2C[C@H]1C(=O)NCc1ccccc1. The number of fused-ring (bicyclic) bond motifs is 1. The summed E-state index contributed by atoms with van der Waals surface area (Å²) in [6, 6.07) is 13.6. The fraction of sp³-hybridized carbons (Fsp3) is 0.364. The van der Waals surface area contributed by atoms with E-state index in [4.69, 9.17) is 0 Å². The smallest absolute Gasteiger partial charge is 0.243 e. The van der Waals surface area contributed by atoms with Gasteiger partial charge in [-0.25, -0.2) is 8.42 Å². The number of rotatable bonds is 5. The van der Waals surface area contributed by atoms with Crippen molar-refractivity contribution in [1.29, 1.82) is 0 Å². The largest absolute Gasteiger partial charge is 0.350 e. The number of amides is 2. The normalized spacial score (nSPS) is 19.0. The van der Waals surface area contributed by atoms with E-state index < -0.39 is 16.1 Å². The van der Waals surface area contributed by atoms with Crippen molar-refractivity contribution in [3.8, 4) is 0 Å². The minimum absolute atomic E-state index is 0.219. The second-order valence-electron chi connectivity index (χ2n) is 7.71. The molecule has 0 aromatic heterocycles. The zero-order chi connectivity index (χ0) is 21.3. The van der Waals surface area contributed by atoms with E-state index in [0.717, 1.165) is 18.4 Å². The molecule has 0 bridgehead atoms. The summed E-state index contributed by atoms with van der Waals surface area (Å²) in [6.07, 6.45) is 2.02. The number of anilines is 1. The van der Waals surface area contributed by atoms with Gasteiger partial charge in [0.05, 0.1) is 4.90 Å². The van der Waals surface area contributed by atoms with Crippen LogP contribution in [0.3, 0.4) is 0 Å². The molecule has 2 aromatic carbocycles. The summed E-state index contributed by atoms with van der Waals surface area (Å²) in [7, 11) is -3.55. The lowest BCUT2D eigenvalue weighted by molar-refractivity contribution is -0.125. The van der Waals surface area contributed by atoms with Gasteiger partial charge in [-0.05, 0) is 42.2 Å². The van der Waals surface area contributed by atoms with E-state index in [1.54, 1.807) is 12.1 Å². The van der Waals surface area contributed by atoms with E-state index in [1.807, 2.05) is 30.3 Å². The van der Waals surface area contributed by atoms with E-state index in [2.05, 4.69) is 5.32 Å². The van der Waals surface area contributed by atoms with Crippen LogP contribution in [0.15, 0.2) is 53.4 Å². The van der Waals surface area contributed by atoms with Gasteiger partial charge in [0, 0.05) is 38.7 Å². The lowest BCUT2D eigenvalue weighted by Crippen LogP contribution is -2.47. The van der Waals surface area contributed by atoms with Crippen LogP contribution in [-0.4, -0.2) is 43.7 Å². The first-order valence-corrected chi connectivity index (χ1v) is 11.6. The zero-order valence-electron chi connectivity index (χ0n) is 16.9. The van der Waals surface area contributed by atoms with Gasteiger partial charge in [-0.15, -0.1) is 0 Å². The molecule has 7 nitrogen and oxygen atoms in total. The van der Waals surface area contributed by atoms with Crippen LogP contribution in [0.5, 0.6) is 0 Å². The summed E-state index contributed by atoms with van der Waals surface area (Å²) in [5.74, 6) is -0.502. The van der Waals surface area contributed by atoms with Crippen LogP contribution in [0.2, 0.25) is 0 Å². The Bertz CT molecular complexity index is 1060. The monoisotopic (exact) mass is 427 g/mol. The van der Waals surface area contributed by atoms with Gasteiger partial charge in [0.2, 0.25) is 21.8 Å². The van der Waals surface area contributed by atoms with Gasteiger partial charge in [0.1, 0.15) is 6.04 Å². The molecule has 0 aliphatic carbocycles. The molecule has 2 amide bonds. The molecular formula is C22H25N3O4S. The lowest BCUT2D eigenvalue weighted by atomic mass is 10.1. The molecule has 2 heterocycles. The van der Waals surface area contributed by atoms with Crippen LogP contribution >= 0.6 is 0 Å². The molecule has 2 aliphatic rings. The molecule has 2 aliphatic heterocycles. The van der Waals surface area contributed by atoms with Crippen molar-refractivity contribution in [3.05, 3.63) is 59.7 Å². The van der Waals surface area contributed by atoms with Gasteiger partial charge in [-0.3, -0.25) is 14.5 Å². The molecule has 1 fully saturated rings. The van der Waals surface area contributed by atoms with Crippen LogP contribution in [0.1, 0.15) is 30.9 Å². The molecule has 0 spiro atoms. The van der Waals surface area contributed by atoms with Crippen LogP contribution in [0.4, 0.5) is 5.69 Å². The maximum atomic E-state index is 12.9. The molecule has 1 atom stereocenters. The van der Waals surface area contributed by atoms with Gasteiger partial charge < -0.3 is 5.32 Å².